The molecule has 5 nitrogen and oxygen atoms in total. The summed E-state index contributed by atoms with van der Waals surface area (Å²) < 4.78 is 5.41. The van der Waals surface area contributed by atoms with Crippen molar-refractivity contribution in [2.45, 2.75) is 45.6 Å². The second-order valence-corrected chi connectivity index (χ2v) is 5.87. The largest absolute Gasteiger partial charge is 0.379 e. The van der Waals surface area contributed by atoms with Gasteiger partial charge >= 0.3 is 0 Å². The molecule has 0 aromatic carbocycles. The van der Waals surface area contributed by atoms with E-state index in [1.165, 1.54) is 0 Å². The van der Waals surface area contributed by atoms with Crippen LogP contribution in [0.15, 0.2) is 5.38 Å². The van der Waals surface area contributed by atoms with Gasteiger partial charge in [-0.05, 0) is 33.2 Å². The number of nitrogens with two attached hydrogens (primary N) is 1. The smallest absolute Gasteiger partial charge is 0.226 e. The maximum absolute atomic E-state index is 11.7. The van der Waals surface area contributed by atoms with Gasteiger partial charge in [0.1, 0.15) is 0 Å². The third-order valence-electron chi connectivity index (χ3n) is 2.63. The van der Waals surface area contributed by atoms with Crippen LogP contribution in [0, 0.1) is 0 Å². The van der Waals surface area contributed by atoms with E-state index in [4.69, 9.17) is 10.5 Å². The van der Waals surface area contributed by atoms with Crippen molar-refractivity contribution in [1.29, 1.82) is 0 Å². The number of aromatic nitrogens is 1. The summed E-state index contributed by atoms with van der Waals surface area (Å²) in [6.45, 7) is 6.01. The number of aryl methyl sites for hydroxylation is 1. The van der Waals surface area contributed by atoms with Crippen LogP contribution in [0.25, 0.3) is 0 Å². The average molecular weight is 299 g/mol. The number of hydrogen-bond donors (Lipinski definition) is 2. The molecule has 1 aromatic heterocycles. The highest BCUT2D eigenvalue weighted by Crippen LogP contribution is 2.12. The molecule has 1 aromatic rings. The molecule has 0 saturated carbocycles. The Bertz CT molecular complexity index is 394. The molecular formula is C14H25N3O2S. The second-order valence-electron chi connectivity index (χ2n) is 4.92. The lowest BCUT2D eigenvalue weighted by molar-refractivity contribution is -0.120. The first kappa shape index (κ1) is 17.1. The van der Waals surface area contributed by atoms with E-state index in [1.54, 1.807) is 11.3 Å². The molecule has 0 aliphatic rings. The van der Waals surface area contributed by atoms with Gasteiger partial charge in [-0.15, -0.1) is 11.3 Å². The summed E-state index contributed by atoms with van der Waals surface area (Å²) in [6.07, 6.45) is 3.27. The summed E-state index contributed by atoms with van der Waals surface area (Å²) in [7, 11) is 0. The number of hydrogen-bond acceptors (Lipinski definition) is 5. The van der Waals surface area contributed by atoms with Crippen molar-refractivity contribution in [2.75, 3.05) is 19.7 Å². The lowest BCUT2D eigenvalue weighted by Gasteiger charge is -2.07. The van der Waals surface area contributed by atoms with Gasteiger partial charge in [-0.1, -0.05) is 0 Å². The molecule has 0 fully saturated rings. The normalized spacial score (nSPS) is 11.0. The minimum Gasteiger partial charge on any atom is -0.379 e. The van der Waals surface area contributed by atoms with Gasteiger partial charge < -0.3 is 15.8 Å². The molecular weight excluding hydrogens is 274 g/mol. The third-order valence-corrected chi connectivity index (χ3v) is 3.59. The Labute approximate surface area is 124 Å². The molecule has 1 rings (SSSR count). The summed E-state index contributed by atoms with van der Waals surface area (Å²) in [5.74, 6) is 0.0187. The zero-order chi connectivity index (χ0) is 14.8. The number of carbonyl (C=O) groups is 1. The van der Waals surface area contributed by atoms with E-state index in [2.05, 4.69) is 10.3 Å². The molecule has 6 heteroatoms. The second kappa shape index (κ2) is 9.85. The number of thiazole rings is 1. The van der Waals surface area contributed by atoms with Crippen molar-refractivity contribution < 1.29 is 9.53 Å². The van der Waals surface area contributed by atoms with Crippen LogP contribution >= 0.6 is 11.3 Å². The molecule has 0 radical (unpaired) electrons. The zero-order valence-electron chi connectivity index (χ0n) is 12.4. The first-order valence-corrected chi connectivity index (χ1v) is 8.01. The lowest BCUT2D eigenvalue weighted by Crippen LogP contribution is -2.27. The molecule has 0 aliphatic carbocycles. The van der Waals surface area contributed by atoms with Crippen LogP contribution in [-0.4, -0.2) is 36.7 Å². The zero-order valence-corrected chi connectivity index (χ0v) is 13.2. The van der Waals surface area contributed by atoms with Crippen LogP contribution in [-0.2, 0) is 22.4 Å². The highest BCUT2D eigenvalue weighted by molar-refractivity contribution is 7.09. The predicted octanol–water partition coefficient (Wildman–Crippen LogP) is 1.51. The Morgan fingerprint density at radius 3 is 3.00 bits per heavy atom. The first-order chi connectivity index (χ1) is 9.61. The Morgan fingerprint density at radius 2 is 2.30 bits per heavy atom. The van der Waals surface area contributed by atoms with Gasteiger partial charge in [0.15, 0.2) is 0 Å². The summed E-state index contributed by atoms with van der Waals surface area (Å²) >= 11 is 1.60. The van der Waals surface area contributed by atoms with E-state index in [0.717, 1.165) is 30.0 Å². The van der Waals surface area contributed by atoms with Crippen molar-refractivity contribution in [2.24, 2.45) is 5.73 Å². The van der Waals surface area contributed by atoms with Gasteiger partial charge in [-0.2, -0.15) is 0 Å². The number of nitrogens with zero attached hydrogens (tertiary/aromatic N) is 1. The highest BCUT2D eigenvalue weighted by atomic mass is 32.1. The van der Waals surface area contributed by atoms with Crippen LogP contribution < -0.4 is 11.1 Å². The summed E-state index contributed by atoms with van der Waals surface area (Å²) in [6, 6.07) is 0. The SMILES string of the molecule is CC(C)OCCCNC(=O)Cc1csc(CCCN)n1. The number of amides is 1. The fourth-order valence-electron chi connectivity index (χ4n) is 1.64. The Balaban J connectivity index is 2.16. The molecule has 0 saturated heterocycles. The predicted molar refractivity (Wildman–Crippen MR) is 81.9 cm³/mol. The van der Waals surface area contributed by atoms with Gasteiger partial charge in [-0.3, -0.25) is 4.79 Å². The molecule has 0 unspecified atom stereocenters. The summed E-state index contributed by atoms with van der Waals surface area (Å²) in [5.41, 5.74) is 6.31. The average Bonchev–Trinajstić information content (AvgIpc) is 2.83. The van der Waals surface area contributed by atoms with Crippen LogP contribution in [0.2, 0.25) is 0 Å². The van der Waals surface area contributed by atoms with Gasteiger partial charge in [0.2, 0.25) is 5.91 Å². The molecule has 0 atom stereocenters. The highest BCUT2D eigenvalue weighted by Gasteiger charge is 2.07. The van der Waals surface area contributed by atoms with Crippen LogP contribution in [0.5, 0.6) is 0 Å². The van der Waals surface area contributed by atoms with Crippen LogP contribution in [0.1, 0.15) is 37.4 Å². The van der Waals surface area contributed by atoms with Crippen molar-refractivity contribution in [3.05, 3.63) is 16.1 Å². The van der Waals surface area contributed by atoms with E-state index < -0.39 is 0 Å². The fraction of sp³-hybridized carbons (Fsp3) is 0.714. The quantitative estimate of drug-likeness (QED) is 0.642. The molecule has 1 heterocycles. The number of rotatable bonds is 10. The minimum absolute atomic E-state index is 0.0187. The van der Waals surface area contributed by atoms with Crippen molar-refractivity contribution >= 4 is 17.2 Å². The van der Waals surface area contributed by atoms with Crippen LogP contribution in [0.3, 0.4) is 0 Å². The monoisotopic (exact) mass is 299 g/mol. The van der Waals surface area contributed by atoms with E-state index in [-0.39, 0.29) is 12.0 Å². The molecule has 114 valence electrons. The number of ether oxygens (including phenoxy) is 1. The third kappa shape index (κ3) is 7.57. The van der Waals surface area contributed by atoms with Gasteiger partial charge in [0.05, 0.1) is 23.2 Å². The Hall–Kier alpha value is -0.980. The molecule has 20 heavy (non-hydrogen) atoms. The summed E-state index contributed by atoms with van der Waals surface area (Å²) in [5, 5.41) is 5.89. The first-order valence-electron chi connectivity index (χ1n) is 7.13. The van der Waals surface area contributed by atoms with E-state index in [9.17, 15) is 4.79 Å². The molecule has 3 N–H and O–H groups in total. The number of carbonyl (C=O) groups excluding carboxylic acids is 1. The minimum atomic E-state index is 0.0187. The van der Waals surface area contributed by atoms with Gasteiger partial charge in [-0.25, -0.2) is 4.98 Å². The topological polar surface area (TPSA) is 77.2 Å². The van der Waals surface area contributed by atoms with E-state index in [0.29, 0.717) is 26.1 Å². The van der Waals surface area contributed by atoms with Crippen molar-refractivity contribution in [1.82, 2.24) is 10.3 Å². The molecule has 0 spiro atoms. The van der Waals surface area contributed by atoms with E-state index in [1.807, 2.05) is 19.2 Å². The van der Waals surface area contributed by atoms with Crippen molar-refractivity contribution in [3.8, 4) is 0 Å². The van der Waals surface area contributed by atoms with Crippen molar-refractivity contribution in [3.63, 3.8) is 0 Å². The van der Waals surface area contributed by atoms with E-state index >= 15 is 0 Å². The molecule has 1 amide bonds. The fourth-order valence-corrected chi connectivity index (χ4v) is 2.48. The Morgan fingerprint density at radius 1 is 1.50 bits per heavy atom. The number of nitrogens with one attached hydrogen (secondary N) is 1. The van der Waals surface area contributed by atoms with Crippen LogP contribution in [0.4, 0.5) is 0 Å². The lowest BCUT2D eigenvalue weighted by atomic mass is 10.3. The molecule has 0 aliphatic heterocycles. The summed E-state index contributed by atoms with van der Waals surface area (Å²) in [4.78, 5) is 16.2. The Kier molecular flexibility index (Phi) is 8.41. The molecule has 0 bridgehead atoms. The van der Waals surface area contributed by atoms with Gasteiger partial charge in [0, 0.05) is 25.0 Å². The van der Waals surface area contributed by atoms with Gasteiger partial charge in [0.25, 0.3) is 0 Å². The standard InChI is InChI=1S/C14H25N3O2S/c1-11(2)19-8-4-7-16-13(18)9-12-10-20-14(17-12)5-3-6-15/h10-11H,3-9,15H2,1-2H3,(H,16,18). The maximum atomic E-state index is 11.7. The maximum Gasteiger partial charge on any atom is 0.226 e.